The Morgan fingerprint density at radius 2 is 1.37 bits per heavy atom. The molecule has 60 heavy (non-hydrogen) atoms. The zero-order valence-corrected chi connectivity index (χ0v) is 39.8. The first-order valence-corrected chi connectivity index (χ1v) is 24.1. The Labute approximate surface area is 371 Å². The van der Waals surface area contributed by atoms with Gasteiger partial charge in [-0.1, -0.05) is 109 Å². The van der Waals surface area contributed by atoms with E-state index < -0.39 is 0 Å². The summed E-state index contributed by atoms with van der Waals surface area (Å²) in [6.45, 7) is 28.4. The lowest BCUT2D eigenvalue weighted by atomic mass is 9.37. The highest BCUT2D eigenvalue weighted by molar-refractivity contribution is 5.79. The Hall–Kier alpha value is -3.23. The molecule has 1 heterocycles. The number of fused-ring (bicyclic) bond motifs is 7. The number of hydrogen-bond donors (Lipinski definition) is 1. The zero-order chi connectivity index (χ0) is 44.7. The highest BCUT2D eigenvalue weighted by atomic mass is 16.2. The lowest BCUT2D eigenvalue weighted by Gasteiger charge is -2.68. The van der Waals surface area contributed by atoms with E-state index in [9.17, 15) is 4.79 Å². The van der Waals surface area contributed by atoms with Crippen LogP contribution in [0.15, 0.2) is 43.0 Å². The van der Waals surface area contributed by atoms with Gasteiger partial charge in [-0.3, -0.25) is 9.69 Å². The first-order valence-electron chi connectivity index (χ1n) is 24.1. The molecule has 1 N–H and O–H groups in total. The predicted octanol–water partition coefficient (Wildman–Crippen LogP) is 12.5. The van der Waals surface area contributed by atoms with E-state index in [4.69, 9.17) is 0 Å². The molecule has 1 saturated heterocycles. The van der Waals surface area contributed by atoms with Crippen LogP contribution in [-0.4, -0.2) is 60.5 Å². The van der Waals surface area contributed by atoms with Gasteiger partial charge in [0.05, 0.1) is 0 Å². The van der Waals surface area contributed by atoms with Crippen LogP contribution in [0.2, 0.25) is 0 Å². The average molecular weight is 818 g/mol. The van der Waals surface area contributed by atoms with Gasteiger partial charge in [-0.25, -0.2) is 0 Å². The SMILES string of the molecule is C#C.C#C.C#C.C=CC.CC.Cc1ccc(C2=CC[C@@]3(C)C(CC[C@@]4(C)C5CC[C@@]6(NCCN7CCN(C(=O)C8CCCCC8)CC7)CCCC6[C@H]5CCC43)C2(C)C)cc1. The number of carbonyl (C=O) groups excluding carboxylic acids is 1. The normalized spacial score (nSPS) is 33.8. The summed E-state index contributed by atoms with van der Waals surface area (Å²) in [4.78, 5) is 18.0. The third-order valence-corrected chi connectivity index (χ3v) is 17.0. The minimum absolute atomic E-state index is 0.217. The van der Waals surface area contributed by atoms with Crippen molar-refractivity contribution >= 4 is 11.5 Å². The Morgan fingerprint density at radius 1 is 0.750 bits per heavy atom. The summed E-state index contributed by atoms with van der Waals surface area (Å²) >= 11 is 0. The molecule has 8 rings (SSSR count). The molecule has 0 aromatic heterocycles. The van der Waals surface area contributed by atoms with E-state index in [0.717, 1.165) is 81.7 Å². The van der Waals surface area contributed by atoms with Crippen LogP contribution in [0.5, 0.6) is 0 Å². The van der Waals surface area contributed by atoms with Gasteiger partial charge in [0.2, 0.25) is 5.91 Å². The Morgan fingerprint density at radius 3 is 1.98 bits per heavy atom. The van der Waals surface area contributed by atoms with Gasteiger partial charge >= 0.3 is 0 Å². The van der Waals surface area contributed by atoms with Crippen LogP contribution in [0, 0.1) is 97.2 Å². The summed E-state index contributed by atoms with van der Waals surface area (Å²) in [7, 11) is 0. The standard InChI is InChI=1S/C45H69N3O.C3H6.C2H6.3C2H2/c1-32-13-15-33(16-14-32)36-19-23-44(5)39(42(36,2)3)21-24-43(4)37-20-25-45(22-9-12-38(45)35(37)17-18-40(43)44)46-26-27-47-28-30-48(31-29-47)41(49)34-10-7-6-8-11-34;1-3-2;4*1-2/h13-16,19,34-35,37-40,46H,6-12,17-18,20-31H2,1-5H3;3H,1H2,2H3;1-2H3;3*1-2H/t35-,37?,38?,39?,40?,43-,44-,45-;;;;;/m0...../s1. The predicted molar refractivity (Wildman–Crippen MR) is 260 cm³/mol. The molecule has 0 bridgehead atoms. The van der Waals surface area contributed by atoms with Crippen LogP contribution in [0.4, 0.5) is 0 Å². The molecule has 1 aliphatic heterocycles. The molecule has 5 saturated carbocycles. The van der Waals surface area contributed by atoms with Crippen LogP contribution in [0.1, 0.15) is 156 Å². The van der Waals surface area contributed by atoms with Gasteiger partial charge in [0.25, 0.3) is 0 Å². The molecular formula is C56H87N3O. The van der Waals surface area contributed by atoms with Gasteiger partial charge in [-0.15, -0.1) is 45.1 Å². The fourth-order valence-corrected chi connectivity index (χ4v) is 14.6. The van der Waals surface area contributed by atoms with E-state index in [1.54, 1.807) is 11.6 Å². The highest BCUT2D eigenvalue weighted by Crippen LogP contribution is 2.72. The molecule has 1 aromatic rings. The van der Waals surface area contributed by atoms with Crippen molar-refractivity contribution in [2.75, 3.05) is 39.3 Å². The smallest absolute Gasteiger partial charge is 0.225 e. The zero-order valence-electron chi connectivity index (χ0n) is 39.8. The number of nitrogens with one attached hydrogen (secondary N) is 1. The number of terminal acetylenes is 3. The number of aryl methyl sites for hydroxylation is 1. The second-order valence-electron chi connectivity index (χ2n) is 19.9. The first kappa shape index (κ1) is 51.1. The first-order chi connectivity index (χ1) is 29.0. The van der Waals surface area contributed by atoms with Crippen LogP contribution in [0.3, 0.4) is 0 Å². The van der Waals surface area contributed by atoms with E-state index in [0.29, 0.717) is 28.2 Å². The molecular weight excluding hydrogens is 731 g/mol. The molecule has 332 valence electrons. The topological polar surface area (TPSA) is 35.6 Å². The Bertz CT molecular complexity index is 1550. The van der Waals surface area contributed by atoms with Crippen LogP contribution < -0.4 is 5.32 Å². The van der Waals surface area contributed by atoms with Crippen molar-refractivity contribution in [3.63, 3.8) is 0 Å². The average Bonchev–Trinajstić information content (AvgIpc) is 3.72. The van der Waals surface area contributed by atoms with Crippen molar-refractivity contribution in [3.05, 3.63) is 54.1 Å². The number of nitrogens with zero attached hydrogens (tertiary/aromatic N) is 2. The number of rotatable bonds is 6. The van der Waals surface area contributed by atoms with Crippen molar-refractivity contribution in [2.24, 2.45) is 51.8 Å². The van der Waals surface area contributed by atoms with Crippen LogP contribution >= 0.6 is 0 Å². The number of piperazine rings is 1. The van der Waals surface area contributed by atoms with E-state index in [-0.39, 0.29) is 5.41 Å². The highest BCUT2D eigenvalue weighted by Gasteiger charge is 2.65. The summed E-state index contributed by atoms with van der Waals surface area (Å²) in [6, 6.07) is 9.38. The molecule has 7 aliphatic rings. The minimum Gasteiger partial charge on any atom is -0.340 e. The molecule has 1 amide bonds. The summed E-state index contributed by atoms with van der Waals surface area (Å²) in [6.07, 6.45) is 48.6. The van der Waals surface area contributed by atoms with E-state index in [1.165, 1.54) is 94.6 Å². The molecule has 8 atom stereocenters. The van der Waals surface area contributed by atoms with Gasteiger partial charge in [-0.05, 0) is 141 Å². The largest absolute Gasteiger partial charge is 0.340 e. The number of amides is 1. The quantitative estimate of drug-likeness (QED) is 0.229. The van der Waals surface area contributed by atoms with Crippen LogP contribution in [-0.2, 0) is 4.79 Å². The molecule has 6 aliphatic carbocycles. The van der Waals surface area contributed by atoms with Crippen molar-refractivity contribution in [1.29, 1.82) is 0 Å². The van der Waals surface area contributed by atoms with Gasteiger partial charge in [0, 0.05) is 50.7 Å². The van der Waals surface area contributed by atoms with Crippen molar-refractivity contribution in [3.8, 4) is 38.5 Å². The second-order valence-corrected chi connectivity index (χ2v) is 19.9. The maximum atomic E-state index is 13.1. The molecule has 4 heteroatoms. The maximum absolute atomic E-state index is 13.1. The number of allylic oxidation sites excluding steroid dienone is 3. The molecule has 6 fully saturated rings. The summed E-state index contributed by atoms with van der Waals surface area (Å²) in [5.74, 6) is 5.07. The van der Waals surface area contributed by atoms with Gasteiger partial charge in [0.1, 0.15) is 0 Å². The van der Waals surface area contributed by atoms with Gasteiger partial charge in [0.15, 0.2) is 0 Å². The van der Waals surface area contributed by atoms with Crippen LogP contribution in [0.25, 0.3) is 5.57 Å². The summed E-state index contributed by atoms with van der Waals surface area (Å²) < 4.78 is 0. The number of hydrogen-bond acceptors (Lipinski definition) is 3. The Balaban J connectivity index is 0.000000805. The van der Waals surface area contributed by atoms with E-state index >= 15 is 0 Å². The van der Waals surface area contributed by atoms with E-state index in [1.807, 2.05) is 20.8 Å². The molecule has 0 spiro atoms. The monoisotopic (exact) mass is 818 g/mol. The summed E-state index contributed by atoms with van der Waals surface area (Å²) in [5, 5.41) is 4.31. The summed E-state index contributed by atoms with van der Waals surface area (Å²) in [5.41, 5.74) is 5.92. The molecule has 1 aromatic carbocycles. The number of carbonyl (C=O) groups is 1. The lowest BCUT2D eigenvalue weighted by molar-refractivity contribution is -0.172. The minimum atomic E-state index is 0.217. The molecule has 0 radical (unpaired) electrons. The number of benzene rings is 1. The van der Waals surface area contributed by atoms with Crippen molar-refractivity contribution < 1.29 is 4.79 Å². The Kier molecular flexibility index (Phi) is 19.8. The lowest BCUT2D eigenvalue weighted by Crippen LogP contribution is -2.64. The molecule has 4 unspecified atom stereocenters. The fraction of sp³-hybridized carbons (Fsp3) is 0.696. The maximum Gasteiger partial charge on any atom is 0.225 e. The van der Waals surface area contributed by atoms with Crippen molar-refractivity contribution in [2.45, 2.75) is 157 Å². The second kappa shape index (κ2) is 23.3. The van der Waals surface area contributed by atoms with E-state index in [2.05, 4.69) is 125 Å². The van der Waals surface area contributed by atoms with Gasteiger partial charge in [-0.2, -0.15) is 0 Å². The fourth-order valence-electron chi connectivity index (χ4n) is 14.6. The van der Waals surface area contributed by atoms with Crippen molar-refractivity contribution in [1.82, 2.24) is 15.1 Å². The third kappa shape index (κ3) is 10.3. The molecule has 4 nitrogen and oxygen atoms in total. The van der Waals surface area contributed by atoms with Gasteiger partial charge < -0.3 is 10.2 Å². The third-order valence-electron chi connectivity index (χ3n) is 17.0.